The van der Waals surface area contributed by atoms with E-state index in [9.17, 15) is 0 Å². The van der Waals surface area contributed by atoms with Crippen molar-refractivity contribution in [3.63, 3.8) is 0 Å². The molecular weight excluding hydrogens is 148 g/mol. The van der Waals surface area contributed by atoms with Crippen LogP contribution >= 0.6 is 0 Å². The Labute approximate surface area is 76.7 Å². The summed E-state index contributed by atoms with van der Waals surface area (Å²) in [4.78, 5) is 6.32. The number of rotatable bonds is 2. The predicted molar refractivity (Wildman–Crippen MR) is 55.7 cm³/mol. The SMILES string of the molecule is C/N=C(/CCC(C)(C)C)N(C)C. The van der Waals surface area contributed by atoms with Crippen molar-refractivity contribution in [1.29, 1.82) is 0 Å². The first kappa shape index (κ1) is 11.5. The van der Waals surface area contributed by atoms with Gasteiger partial charge < -0.3 is 4.90 Å². The van der Waals surface area contributed by atoms with Crippen LogP contribution in [0.1, 0.15) is 33.6 Å². The van der Waals surface area contributed by atoms with Crippen LogP contribution in [0.5, 0.6) is 0 Å². The Morgan fingerprint density at radius 1 is 1.25 bits per heavy atom. The number of hydrogen-bond acceptors (Lipinski definition) is 1. The van der Waals surface area contributed by atoms with E-state index in [0.717, 1.165) is 6.42 Å². The van der Waals surface area contributed by atoms with Crippen LogP contribution in [0.15, 0.2) is 4.99 Å². The summed E-state index contributed by atoms with van der Waals surface area (Å²) in [6, 6.07) is 0. The van der Waals surface area contributed by atoms with E-state index in [0.29, 0.717) is 5.41 Å². The molecule has 12 heavy (non-hydrogen) atoms. The van der Waals surface area contributed by atoms with Gasteiger partial charge in [0.15, 0.2) is 0 Å². The van der Waals surface area contributed by atoms with Gasteiger partial charge >= 0.3 is 0 Å². The Kier molecular flexibility index (Phi) is 4.29. The van der Waals surface area contributed by atoms with Gasteiger partial charge in [-0.2, -0.15) is 0 Å². The van der Waals surface area contributed by atoms with E-state index in [2.05, 4.69) is 30.7 Å². The van der Waals surface area contributed by atoms with Crippen molar-refractivity contribution < 1.29 is 0 Å². The number of nitrogens with zero attached hydrogens (tertiary/aromatic N) is 2. The van der Waals surface area contributed by atoms with Gasteiger partial charge in [0.1, 0.15) is 0 Å². The summed E-state index contributed by atoms with van der Waals surface area (Å²) in [7, 11) is 5.95. The molecule has 0 atom stereocenters. The predicted octanol–water partition coefficient (Wildman–Crippen LogP) is 2.40. The zero-order chi connectivity index (χ0) is 9.78. The van der Waals surface area contributed by atoms with Crippen LogP contribution in [0.2, 0.25) is 0 Å². The first-order valence-corrected chi connectivity index (χ1v) is 4.50. The van der Waals surface area contributed by atoms with Crippen LogP contribution in [0, 0.1) is 5.41 Å². The van der Waals surface area contributed by atoms with E-state index >= 15 is 0 Å². The van der Waals surface area contributed by atoms with Crippen molar-refractivity contribution in [3.8, 4) is 0 Å². The molecule has 0 bridgehead atoms. The first-order chi connectivity index (χ1) is 5.37. The zero-order valence-electron chi connectivity index (χ0n) is 9.31. The molecule has 0 aromatic heterocycles. The largest absolute Gasteiger partial charge is 0.367 e. The number of amidine groups is 1. The van der Waals surface area contributed by atoms with Gasteiger partial charge in [0.2, 0.25) is 0 Å². The molecule has 0 aliphatic heterocycles. The Hall–Kier alpha value is -0.530. The molecular formula is C10H22N2. The van der Waals surface area contributed by atoms with Gasteiger partial charge in [0.25, 0.3) is 0 Å². The molecule has 0 unspecified atom stereocenters. The van der Waals surface area contributed by atoms with E-state index in [1.54, 1.807) is 0 Å². The van der Waals surface area contributed by atoms with Crippen LogP contribution in [0.25, 0.3) is 0 Å². The Balaban J connectivity index is 3.92. The Morgan fingerprint density at radius 3 is 2.00 bits per heavy atom. The van der Waals surface area contributed by atoms with Gasteiger partial charge in [0.05, 0.1) is 5.84 Å². The third kappa shape index (κ3) is 5.16. The Bertz CT molecular complexity index is 152. The third-order valence-corrected chi connectivity index (χ3v) is 1.87. The van der Waals surface area contributed by atoms with Crippen molar-refractivity contribution in [3.05, 3.63) is 0 Å². The van der Waals surface area contributed by atoms with Crippen molar-refractivity contribution in [2.24, 2.45) is 10.4 Å². The molecule has 72 valence electrons. The molecule has 0 aromatic rings. The standard InChI is InChI=1S/C10H22N2/c1-10(2,3)8-7-9(11-4)12(5)6/h7-8H2,1-6H3/b11-9-. The fourth-order valence-corrected chi connectivity index (χ4v) is 1.02. The minimum atomic E-state index is 0.409. The minimum Gasteiger partial charge on any atom is -0.367 e. The topological polar surface area (TPSA) is 15.6 Å². The number of hydrogen-bond donors (Lipinski definition) is 0. The fraction of sp³-hybridized carbons (Fsp3) is 0.900. The van der Waals surface area contributed by atoms with Crippen LogP contribution in [-0.4, -0.2) is 31.9 Å². The summed E-state index contributed by atoms with van der Waals surface area (Å²) in [5, 5.41) is 0. The van der Waals surface area contributed by atoms with Crippen LogP contribution in [0.4, 0.5) is 0 Å². The molecule has 0 aliphatic carbocycles. The maximum Gasteiger partial charge on any atom is 0.0980 e. The molecule has 0 aromatic carbocycles. The average Bonchev–Trinajstić information content (AvgIpc) is 1.85. The van der Waals surface area contributed by atoms with Crippen molar-refractivity contribution in [2.75, 3.05) is 21.1 Å². The highest BCUT2D eigenvalue weighted by Crippen LogP contribution is 2.20. The normalized spacial score (nSPS) is 13.3. The molecule has 0 radical (unpaired) electrons. The molecule has 2 nitrogen and oxygen atoms in total. The van der Waals surface area contributed by atoms with Gasteiger partial charge in [-0.05, 0) is 11.8 Å². The fourth-order valence-electron chi connectivity index (χ4n) is 1.02. The van der Waals surface area contributed by atoms with E-state index in [-0.39, 0.29) is 0 Å². The Morgan fingerprint density at radius 2 is 1.75 bits per heavy atom. The van der Waals surface area contributed by atoms with E-state index in [1.165, 1.54) is 12.3 Å². The lowest BCUT2D eigenvalue weighted by atomic mass is 9.90. The number of aliphatic imine (C=N–C) groups is 1. The smallest absolute Gasteiger partial charge is 0.0980 e. The lowest BCUT2D eigenvalue weighted by Gasteiger charge is -2.21. The summed E-state index contributed by atoms with van der Waals surface area (Å²) in [6.45, 7) is 6.78. The van der Waals surface area contributed by atoms with Gasteiger partial charge in [-0.1, -0.05) is 20.8 Å². The highest BCUT2D eigenvalue weighted by molar-refractivity contribution is 5.81. The molecule has 0 amide bonds. The highest BCUT2D eigenvalue weighted by Gasteiger charge is 2.12. The summed E-state index contributed by atoms with van der Waals surface area (Å²) in [5.74, 6) is 1.19. The van der Waals surface area contributed by atoms with Crippen molar-refractivity contribution in [2.45, 2.75) is 33.6 Å². The van der Waals surface area contributed by atoms with Crippen LogP contribution < -0.4 is 0 Å². The highest BCUT2D eigenvalue weighted by atomic mass is 15.1. The molecule has 0 saturated heterocycles. The van der Waals surface area contributed by atoms with Gasteiger partial charge in [0, 0.05) is 27.6 Å². The molecule has 0 fully saturated rings. The quantitative estimate of drug-likeness (QED) is 0.459. The molecule has 2 heteroatoms. The maximum atomic E-state index is 4.23. The lowest BCUT2D eigenvalue weighted by Crippen LogP contribution is -2.23. The summed E-state index contributed by atoms with van der Waals surface area (Å²) in [6.07, 6.45) is 2.27. The molecule has 0 N–H and O–H groups in total. The van der Waals surface area contributed by atoms with E-state index in [4.69, 9.17) is 0 Å². The second-order valence-electron chi connectivity index (χ2n) is 4.59. The summed E-state index contributed by atoms with van der Waals surface area (Å²) in [5.41, 5.74) is 0.409. The second-order valence-corrected chi connectivity index (χ2v) is 4.59. The molecule has 0 saturated carbocycles. The zero-order valence-corrected chi connectivity index (χ0v) is 9.31. The minimum absolute atomic E-state index is 0.409. The molecule has 0 rings (SSSR count). The van der Waals surface area contributed by atoms with Crippen molar-refractivity contribution in [1.82, 2.24) is 4.90 Å². The van der Waals surface area contributed by atoms with Gasteiger partial charge in [-0.3, -0.25) is 4.99 Å². The molecule has 0 spiro atoms. The first-order valence-electron chi connectivity index (χ1n) is 4.50. The average molecular weight is 170 g/mol. The molecule has 0 aliphatic rings. The van der Waals surface area contributed by atoms with Gasteiger partial charge in [-0.15, -0.1) is 0 Å². The van der Waals surface area contributed by atoms with Crippen molar-refractivity contribution >= 4 is 5.84 Å². The van der Waals surface area contributed by atoms with E-state index < -0.39 is 0 Å². The monoisotopic (exact) mass is 170 g/mol. The van der Waals surface area contributed by atoms with Crippen LogP contribution in [-0.2, 0) is 0 Å². The van der Waals surface area contributed by atoms with Gasteiger partial charge in [-0.25, -0.2) is 0 Å². The van der Waals surface area contributed by atoms with E-state index in [1.807, 2.05) is 21.1 Å². The maximum absolute atomic E-state index is 4.23. The lowest BCUT2D eigenvalue weighted by molar-refractivity contribution is 0.379. The van der Waals surface area contributed by atoms with Crippen LogP contribution in [0.3, 0.4) is 0 Å². The second kappa shape index (κ2) is 4.48. The molecule has 0 heterocycles. The summed E-state index contributed by atoms with van der Waals surface area (Å²) >= 11 is 0. The third-order valence-electron chi connectivity index (χ3n) is 1.87. The summed E-state index contributed by atoms with van der Waals surface area (Å²) < 4.78 is 0.